The van der Waals surface area contributed by atoms with Gasteiger partial charge < -0.3 is 14.7 Å². The van der Waals surface area contributed by atoms with Crippen LogP contribution in [-0.4, -0.2) is 46.0 Å². The van der Waals surface area contributed by atoms with E-state index in [9.17, 15) is 9.59 Å². The van der Waals surface area contributed by atoms with Gasteiger partial charge >= 0.3 is 0 Å². The number of nitrogens with one attached hydrogen (secondary N) is 1. The molecule has 1 aliphatic heterocycles. The van der Waals surface area contributed by atoms with Crippen molar-refractivity contribution in [1.82, 2.24) is 20.4 Å². The van der Waals surface area contributed by atoms with Crippen LogP contribution in [0.15, 0.2) is 10.9 Å². The fourth-order valence-corrected chi connectivity index (χ4v) is 1.78. The highest BCUT2D eigenvalue weighted by molar-refractivity contribution is 5.94. The van der Waals surface area contributed by atoms with Crippen LogP contribution in [0.1, 0.15) is 19.2 Å². The molecule has 1 aromatic heterocycles. The summed E-state index contributed by atoms with van der Waals surface area (Å²) < 4.78 is 4.60. The number of hydrogen-bond acceptors (Lipinski definition) is 5. The van der Waals surface area contributed by atoms with Gasteiger partial charge in [0, 0.05) is 13.0 Å². The van der Waals surface area contributed by atoms with Crippen LogP contribution in [0.5, 0.6) is 0 Å². The Hall–Kier alpha value is -1.92. The molecule has 0 saturated carbocycles. The summed E-state index contributed by atoms with van der Waals surface area (Å²) in [6, 6.07) is -0.401. The van der Waals surface area contributed by atoms with Gasteiger partial charge in [-0.1, -0.05) is 12.1 Å². The Labute approximate surface area is 98.2 Å². The van der Waals surface area contributed by atoms with E-state index in [-0.39, 0.29) is 18.4 Å². The number of amides is 2. The van der Waals surface area contributed by atoms with E-state index in [0.29, 0.717) is 25.2 Å². The molecule has 1 unspecified atom stereocenters. The molecule has 1 fully saturated rings. The molecule has 1 aliphatic rings. The average molecular weight is 238 g/mol. The highest BCUT2D eigenvalue weighted by Crippen LogP contribution is 2.06. The minimum Gasteiger partial charge on any atom is -0.343 e. The Morgan fingerprint density at radius 2 is 2.41 bits per heavy atom. The number of carbonyl (C=O) groups is 2. The first kappa shape index (κ1) is 11.6. The molecule has 1 aromatic rings. The van der Waals surface area contributed by atoms with Crippen molar-refractivity contribution in [1.29, 1.82) is 0 Å². The molecule has 0 radical (unpaired) electrons. The van der Waals surface area contributed by atoms with Crippen molar-refractivity contribution in [3.05, 3.63) is 12.2 Å². The number of carbonyl (C=O) groups excluding carboxylic acids is 2. The Morgan fingerprint density at radius 3 is 3.06 bits per heavy atom. The summed E-state index contributed by atoms with van der Waals surface area (Å²) in [5, 5.41) is 6.32. The monoisotopic (exact) mass is 238 g/mol. The predicted molar refractivity (Wildman–Crippen MR) is 56.8 cm³/mol. The summed E-state index contributed by atoms with van der Waals surface area (Å²) in [7, 11) is 0. The van der Waals surface area contributed by atoms with Crippen LogP contribution in [0, 0.1) is 0 Å². The molecule has 7 heteroatoms. The van der Waals surface area contributed by atoms with Crippen molar-refractivity contribution >= 4 is 11.8 Å². The van der Waals surface area contributed by atoms with Crippen LogP contribution in [0.2, 0.25) is 0 Å². The quantitative estimate of drug-likeness (QED) is 0.753. The zero-order chi connectivity index (χ0) is 12.3. The van der Waals surface area contributed by atoms with Crippen LogP contribution >= 0.6 is 0 Å². The molecule has 1 N–H and O–H groups in total. The molecular weight excluding hydrogens is 224 g/mol. The molecular formula is C10H14N4O3. The molecule has 7 nitrogen and oxygen atoms in total. The lowest BCUT2D eigenvalue weighted by Gasteiger charge is -2.31. The van der Waals surface area contributed by atoms with Crippen molar-refractivity contribution < 1.29 is 14.1 Å². The van der Waals surface area contributed by atoms with Gasteiger partial charge in [0.25, 0.3) is 0 Å². The third-order valence-electron chi connectivity index (χ3n) is 2.70. The minimum atomic E-state index is -0.401. The lowest BCUT2D eigenvalue weighted by molar-refractivity contribution is -0.144. The molecule has 0 aromatic carbocycles. The summed E-state index contributed by atoms with van der Waals surface area (Å²) >= 11 is 0. The molecule has 0 aliphatic carbocycles. The van der Waals surface area contributed by atoms with Gasteiger partial charge in [0.15, 0.2) is 5.82 Å². The van der Waals surface area contributed by atoms with Crippen LogP contribution < -0.4 is 5.32 Å². The van der Waals surface area contributed by atoms with Crippen molar-refractivity contribution in [3.63, 3.8) is 0 Å². The smallest absolute Gasteiger partial charge is 0.245 e. The van der Waals surface area contributed by atoms with E-state index in [1.807, 2.05) is 6.92 Å². The topological polar surface area (TPSA) is 88.3 Å². The van der Waals surface area contributed by atoms with Crippen LogP contribution in [-0.2, 0) is 16.0 Å². The third kappa shape index (κ3) is 2.61. The van der Waals surface area contributed by atoms with Crippen LogP contribution in [0.25, 0.3) is 0 Å². The van der Waals surface area contributed by atoms with Gasteiger partial charge in [0.1, 0.15) is 6.04 Å². The summed E-state index contributed by atoms with van der Waals surface area (Å²) in [6.07, 6.45) is 2.34. The van der Waals surface area contributed by atoms with Crippen molar-refractivity contribution in [2.75, 3.05) is 13.1 Å². The minimum absolute atomic E-state index is 0.0457. The van der Waals surface area contributed by atoms with Gasteiger partial charge in [-0.3, -0.25) is 9.59 Å². The Bertz CT molecular complexity index is 404. The molecule has 1 saturated heterocycles. The molecule has 0 bridgehead atoms. The van der Waals surface area contributed by atoms with Crippen molar-refractivity contribution in [2.24, 2.45) is 0 Å². The van der Waals surface area contributed by atoms with Gasteiger partial charge in [0.05, 0.1) is 6.54 Å². The second kappa shape index (κ2) is 4.94. The molecule has 2 amide bonds. The van der Waals surface area contributed by atoms with E-state index in [4.69, 9.17) is 0 Å². The van der Waals surface area contributed by atoms with Gasteiger partial charge in [-0.15, -0.1) is 0 Å². The zero-order valence-electron chi connectivity index (χ0n) is 9.55. The lowest BCUT2D eigenvalue weighted by Crippen LogP contribution is -2.58. The maximum absolute atomic E-state index is 11.9. The molecule has 92 valence electrons. The predicted octanol–water partition coefficient (Wildman–Crippen LogP) is -0.651. The standard InChI is InChI=1S/C10H14N4O3/c1-2-7-10(16)14(5-9(15)12-7)4-3-8-11-6-17-13-8/h6-7H,2-5H2,1H3,(H,12,15). The lowest BCUT2D eigenvalue weighted by atomic mass is 10.1. The summed E-state index contributed by atoms with van der Waals surface area (Å²) in [4.78, 5) is 28.7. The maximum atomic E-state index is 11.9. The van der Waals surface area contributed by atoms with Crippen molar-refractivity contribution in [3.8, 4) is 0 Å². The third-order valence-corrected chi connectivity index (χ3v) is 2.70. The van der Waals surface area contributed by atoms with Crippen LogP contribution in [0.4, 0.5) is 0 Å². The van der Waals surface area contributed by atoms with E-state index in [1.54, 1.807) is 0 Å². The first-order chi connectivity index (χ1) is 8.20. The van der Waals surface area contributed by atoms with Crippen molar-refractivity contribution in [2.45, 2.75) is 25.8 Å². The molecule has 0 spiro atoms. The van der Waals surface area contributed by atoms with Gasteiger partial charge in [0.2, 0.25) is 18.2 Å². The number of nitrogens with zero attached hydrogens (tertiary/aromatic N) is 3. The zero-order valence-corrected chi connectivity index (χ0v) is 9.55. The highest BCUT2D eigenvalue weighted by Gasteiger charge is 2.30. The number of hydrogen-bond donors (Lipinski definition) is 1. The molecule has 2 rings (SSSR count). The number of aromatic nitrogens is 2. The van der Waals surface area contributed by atoms with Gasteiger partial charge in [-0.2, -0.15) is 4.98 Å². The van der Waals surface area contributed by atoms with Gasteiger partial charge in [-0.25, -0.2) is 0 Å². The SMILES string of the molecule is CCC1NC(=O)CN(CCc2ncon2)C1=O. The van der Waals surface area contributed by atoms with Gasteiger partial charge in [-0.05, 0) is 6.42 Å². The number of piperazine rings is 1. The summed E-state index contributed by atoms with van der Waals surface area (Å²) in [6.45, 7) is 2.40. The average Bonchev–Trinajstić information content (AvgIpc) is 2.82. The fourth-order valence-electron chi connectivity index (χ4n) is 1.78. The first-order valence-electron chi connectivity index (χ1n) is 5.54. The first-order valence-corrected chi connectivity index (χ1v) is 5.54. The maximum Gasteiger partial charge on any atom is 0.245 e. The second-order valence-electron chi connectivity index (χ2n) is 3.89. The molecule has 2 heterocycles. The summed E-state index contributed by atoms with van der Waals surface area (Å²) in [5.41, 5.74) is 0. The molecule has 17 heavy (non-hydrogen) atoms. The Morgan fingerprint density at radius 1 is 1.59 bits per heavy atom. The normalized spacial score (nSPS) is 20.5. The van der Waals surface area contributed by atoms with E-state index in [0.717, 1.165) is 0 Å². The summed E-state index contributed by atoms with van der Waals surface area (Å²) in [5.74, 6) is 0.372. The molecule has 1 atom stereocenters. The van der Waals surface area contributed by atoms with E-state index < -0.39 is 6.04 Å². The van der Waals surface area contributed by atoms with E-state index in [2.05, 4.69) is 20.0 Å². The van der Waals surface area contributed by atoms with Crippen LogP contribution in [0.3, 0.4) is 0 Å². The largest absolute Gasteiger partial charge is 0.343 e. The second-order valence-corrected chi connectivity index (χ2v) is 3.89. The Kier molecular flexibility index (Phi) is 3.36. The highest BCUT2D eigenvalue weighted by atomic mass is 16.5. The number of rotatable bonds is 4. The fraction of sp³-hybridized carbons (Fsp3) is 0.600. The Balaban J connectivity index is 1.94. The van der Waals surface area contributed by atoms with E-state index in [1.165, 1.54) is 11.3 Å². The van der Waals surface area contributed by atoms with E-state index >= 15 is 0 Å².